The molecule has 4 aromatic rings. The summed E-state index contributed by atoms with van der Waals surface area (Å²) in [5.41, 5.74) is 8.62. The second-order valence-corrected chi connectivity index (χ2v) is 10.5. The van der Waals surface area contributed by atoms with Gasteiger partial charge in [-0.1, -0.05) is 51.1 Å². The van der Waals surface area contributed by atoms with E-state index in [9.17, 15) is 9.59 Å². The summed E-state index contributed by atoms with van der Waals surface area (Å²) < 4.78 is 8.05. The number of aromatic nitrogens is 1. The van der Waals surface area contributed by atoms with E-state index in [2.05, 4.69) is 45.0 Å². The number of aryl methyl sites for hydroxylation is 2. The number of carbonyl (C=O) groups excluding carboxylic acids is 2. The molecule has 2 amide bonds. The lowest BCUT2D eigenvalue weighted by Crippen LogP contribution is -2.32. The minimum Gasteiger partial charge on any atom is -0.454 e. The minimum absolute atomic E-state index is 0.0509. The van der Waals surface area contributed by atoms with E-state index in [0.717, 1.165) is 40.8 Å². The topological polar surface area (TPSA) is 87.7 Å². The van der Waals surface area contributed by atoms with Crippen molar-refractivity contribution in [1.82, 2.24) is 14.9 Å². The van der Waals surface area contributed by atoms with Gasteiger partial charge in [-0.3, -0.25) is 14.8 Å². The molecule has 0 saturated heterocycles. The summed E-state index contributed by atoms with van der Waals surface area (Å²) in [6, 6.07) is 17.6. The van der Waals surface area contributed by atoms with Crippen LogP contribution in [-0.4, -0.2) is 33.0 Å². The Balaban J connectivity index is 1.39. The van der Waals surface area contributed by atoms with E-state index in [4.69, 9.17) is 9.62 Å². The normalized spacial score (nSPS) is 14.0. The van der Waals surface area contributed by atoms with Gasteiger partial charge in [-0.2, -0.15) is 0 Å². The fraction of sp³-hybridized carbons (Fsp3) is 0.310. The van der Waals surface area contributed by atoms with Crippen LogP contribution >= 0.6 is 0 Å². The third kappa shape index (κ3) is 4.31. The Kier molecular flexibility index (Phi) is 5.96. The van der Waals surface area contributed by atoms with E-state index in [1.54, 1.807) is 17.6 Å². The van der Waals surface area contributed by atoms with Crippen LogP contribution < -0.4 is 5.48 Å². The molecule has 2 N–H and O–H groups in total. The first kappa shape index (κ1) is 23.9. The molecule has 0 spiro atoms. The van der Waals surface area contributed by atoms with Gasteiger partial charge in [-0.15, -0.1) is 0 Å². The first-order valence-corrected chi connectivity index (χ1v) is 12.2. The van der Waals surface area contributed by atoms with Crippen LogP contribution in [0.2, 0.25) is 0 Å². The maximum absolute atomic E-state index is 13.5. The van der Waals surface area contributed by atoms with E-state index in [1.165, 1.54) is 5.56 Å². The molecule has 7 heteroatoms. The first-order valence-electron chi connectivity index (χ1n) is 12.2. The summed E-state index contributed by atoms with van der Waals surface area (Å²) in [4.78, 5) is 27.1. The van der Waals surface area contributed by atoms with Crippen LogP contribution in [0, 0.1) is 0 Å². The van der Waals surface area contributed by atoms with Gasteiger partial charge < -0.3 is 13.9 Å². The Hall–Kier alpha value is -3.84. The number of amides is 2. The summed E-state index contributed by atoms with van der Waals surface area (Å²) >= 11 is 0. The van der Waals surface area contributed by atoms with Gasteiger partial charge >= 0.3 is 0 Å². The molecule has 3 heterocycles. The fourth-order valence-corrected chi connectivity index (χ4v) is 4.89. The predicted octanol–water partition coefficient (Wildman–Crippen LogP) is 5.44. The average molecular weight is 486 g/mol. The summed E-state index contributed by atoms with van der Waals surface area (Å²) in [5.74, 6) is 0.192. The lowest BCUT2D eigenvalue weighted by atomic mass is 9.86. The highest BCUT2D eigenvalue weighted by Crippen LogP contribution is 2.32. The zero-order valence-corrected chi connectivity index (χ0v) is 21.1. The Morgan fingerprint density at radius 2 is 1.75 bits per heavy atom. The number of hydrogen-bond donors (Lipinski definition) is 2. The van der Waals surface area contributed by atoms with Crippen LogP contribution in [0.4, 0.5) is 0 Å². The van der Waals surface area contributed by atoms with Crippen molar-refractivity contribution in [2.75, 3.05) is 6.54 Å². The van der Waals surface area contributed by atoms with Crippen LogP contribution in [0.15, 0.2) is 59.0 Å². The molecular weight excluding hydrogens is 454 g/mol. The van der Waals surface area contributed by atoms with Crippen molar-refractivity contribution in [3.8, 4) is 11.3 Å². The molecule has 1 aliphatic heterocycles. The van der Waals surface area contributed by atoms with E-state index < -0.39 is 5.91 Å². The predicted molar refractivity (Wildman–Crippen MR) is 138 cm³/mol. The first-order chi connectivity index (χ1) is 17.2. The quantitative estimate of drug-likeness (QED) is 0.299. The van der Waals surface area contributed by atoms with E-state index in [-0.39, 0.29) is 11.3 Å². The molecule has 0 atom stereocenters. The molecular formula is C29H31N3O4. The Morgan fingerprint density at radius 3 is 2.42 bits per heavy atom. The molecule has 2 aromatic carbocycles. The summed E-state index contributed by atoms with van der Waals surface area (Å²) in [7, 11) is 1.89. The Morgan fingerprint density at radius 1 is 1.00 bits per heavy atom. The lowest BCUT2D eigenvalue weighted by Gasteiger charge is -2.21. The van der Waals surface area contributed by atoms with Gasteiger partial charge in [0.2, 0.25) is 0 Å². The number of furan rings is 1. The summed E-state index contributed by atoms with van der Waals surface area (Å²) in [6.07, 6.45) is 1.55. The smallest absolute Gasteiger partial charge is 0.274 e. The van der Waals surface area contributed by atoms with Crippen molar-refractivity contribution >= 4 is 22.9 Å². The molecule has 0 saturated carbocycles. The summed E-state index contributed by atoms with van der Waals surface area (Å²) in [5, 5.41) is 8.92. The second-order valence-electron chi connectivity index (χ2n) is 10.5. The third-order valence-corrected chi connectivity index (χ3v) is 7.08. The number of nitrogens with zero attached hydrogens (tertiary/aromatic N) is 2. The van der Waals surface area contributed by atoms with Crippen LogP contribution in [-0.2, 0) is 25.4 Å². The standard InChI is InChI=1S/C29H31N3O4/c1-29(2,3)22-11-9-18(10-12-22)25-15-23-26(36-25)16-24(31(23)4)28(34)32-13-5-6-19-14-20(27(33)30-35)7-8-21(19)17-32/h7-12,14-16,35H,5-6,13,17H2,1-4H3,(H,30,33). The van der Waals surface area contributed by atoms with Crippen LogP contribution in [0.5, 0.6) is 0 Å². The molecule has 0 bridgehead atoms. The van der Waals surface area contributed by atoms with Crippen molar-refractivity contribution < 1.29 is 19.2 Å². The maximum atomic E-state index is 13.5. The average Bonchev–Trinajstić information content (AvgIpc) is 3.33. The molecule has 36 heavy (non-hydrogen) atoms. The highest BCUT2D eigenvalue weighted by Gasteiger charge is 2.25. The lowest BCUT2D eigenvalue weighted by molar-refractivity contribution is 0.0704. The number of fused-ring (bicyclic) bond motifs is 2. The zero-order chi connectivity index (χ0) is 25.6. The molecule has 0 radical (unpaired) electrons. The minimum atomic E-state index is -0.536. The van der Waals surface area contributed by atoms with E-state index >= 15 is 0 Å². The van der Waals surface area contributed by atoms with Gasteiger partial charge in [0.15, 0.2) is 5.58 Å². The maximum Gasteiger partial charge on any atom is 0.274 e. The van der Waals surface area contributed by atoms with Gasteiger partial charge in [-0.05, 0) is 47.1 Å². The SMILES string of the molecule is Cn1c(C(=O)N2CCCc3cc(C(=O)NO)ccc3C2)cc2oc(-c3ccc(C(C)(C)C)cc3)cc21. The molecule has 0 fully saturated rings. The van der Waals surface area contributed by atoms with E-state index in [0.29, 0.717) is 29.9 Å². The molecule has 0 aliphatic carbocycles. The molecule has 7 nitrogen and oxygen atoms in total. The third-order valence-electron chi connectivity index (χ3n) is 7.08. The number of nitrogens with one attached hydrogen (secondary N) is 1. The van der Waals surface area contributed by atoms with Crippen LogP contribution in [0.25, 0.3) is 22.4 Å². The van der Waals surface area contributed by atoms with Gasteiger partial charge in [0.25, 0.3) is 11.8 Å². The van der Waals surface area contributed by atoms with E-state index in [1.807, 2.05) is 34.7 Å². The van der Waals surface area contributed by atoms with Crippen molar-refractivity contribution in [3.05, 3.63) is 82.5 Å². The van der Waals surface area contributed by atoms with Crippen molar-refractivity contribution in [2.45, 2.75) is 45.6 Å². The molecule has 1 aliphatic rings. The van der Waals surface area contributed by atoms with Crippen LogP contribution in [0.1, 0.15) is 64.7 Å². The number of carbonyl (C=O) groups is 2. The highest BCUT2D eigenvalue weighted by molar-refractivity contribution is 5.98. The van der Waals surface area contributed by atoms with Crippen molar-refractivity contribution in [2.24, 2.45) is 7.05 Å². The Labute approximate surface area is 210 Å². The molecule has 2 aromatic heterocycles. The van der Waals surface area contributed by atoms with Crippen LogP contribution in [0.3, 0.4) is 0 Å². The Bertz CT molecular complexity index is 1450. The van der Waals surface area contributed by atoms with Gasteiger partial charge in [0, 0.05) is 43.4 Å². The molecule has 5 rings (SSSR count). The number of hydrogen-bond acceptors (Lipinski definition) is 4. The van der Waals surface area contributed by atoms with Gasteiger partial charge in [0.05, 0.1) is 5.52 Å². The number of benzene rings is 2. The zero-order valence-electron chi connectivity index (χ0n) is 21.1. The number of hydroxylamine groups is 1. The summed E-state index contributed by atoms with van der Waals surface area (Å²) in [6.45, 7) is 7.66. The largest absolute Gasteiger partial charge is 0.454 e. The van der Waals surface area contributed by atoms with Crippen molar-refractivity contribution in [1.29, 1.82) is 0 Å². The second kappa shape index (κ2) is 8.99. The van der Waals surface area contributed by atoms with Crippen molar-refractivity contribution in [3.63, 3.8) is 0 Å². The van der Waals surface area contributed by atoms with Gasteiger partial charge in [-0.25, -0.2) is 5.48 Å². The highest BCUT2D eigenvalue weighted by atomic mass is 16.5. The van der Waals surface area contributed by atoms with Gasteiger partial charge in [0.1, 0.15) is 11.5 Å². The molecule has 0 unspecified atom stereocenters. The fourth-order valence-electron chi connectivity index (χ4n) is 4.89. The molecule has 186 valence electrons. The monoisotopic (exact) mass is 485 g/mol. The number of rotatable bonds is 3.